The van der Waals surface area contributed by atoms with Gasteiger partial charge in [0.25, 0.3) is 0 Å². The number of halogens is 1. The number of carbonyl (C=O) groups is 2. The summed E-state index contributed by atoms with van der Waals surface area (Å²) in [7, 11) is 1.64. The van der Waals surface area contributed by atoms with Crippen LogP contribution < -0.4 is 5.32 Å². The van der Waals surface area contributed by atoms with Crippen molar-refractivity contribution in [3.63, 3.8) is 0 Å². The summed E-state index contributed by atoms with van der Waals surface area (Å²) in [6.07, 6.45) is 1.89. The van der Waals surface area contributed by atoms with Crippen molar-refractivity contribution in [2.45, 2.75) is 26.7 Å². The van der Waals surface area contributed by atoms with E-state index in [4.69, 9.17) is 0 Å². The number of nitrogens with one attached hydrogen (secondary N) is 1. The zero-order valence-electron chi connectivity index (χ0n) is 11.5. The van der Waals surface area contributed by atoms with Crippen LogP contribution in [0.3, 0.4) is 0 Å². The molecule has 2 amide bonds. The van der Waals surface area contributed by atoms with Gasteiger partial charge in [0.1, 0.15) is 0 Å². The Morgan fingerprint density at radius 1 is 1.37 bits per heavy atom. The number of likely N-dealkylation sites (N-methyl/N-ethyl adjacent to an activating group) is 1. The standard InChI is InChI=1S/C14H19BrN2O2/c1-4-5-8-17(3)14(19)13(18)16-12-7-6-11(15)9-10(12)2/h6-7,9H,4-5,8H2,1-3H3,(H,16,18). The van der Waals surface area contributed by atoms with Crippen molar-refractivity contribution in [1.29, 1.82) is 0 Å². The SMILES string of the molecule is CCCCN(C)C(=O)C(=O)Nc1ccc(Br)cc1C. The molecular formula is C14H19BrN2O2. The lowest BCUT2D eigenvalue weighted by molar-refractivity contribution is -0.142. The van der Waals surface area contributed by atoms with Gasteiger partial charge in [-0.15, -0.1) is 0 Å². The highest BCUT2D eigenvalue weighted by Gasteiger charge is 2.18. The molecule has 0 spiro atoms. The van der Waals surface area contributed by atoms with Crippen LogP contribution in [-0.2, 0) is 9.59 Å². The Balaban J connectivity index is 2.66. The van der Waals surface area contributed by atoms with Gasteiger partial charge in [-0.05, 0) is 37.1 Å². The van der Waals surface area contributed by atoms with E-state index in [0.717, 1.165) is 22.9 Å². The lowest BCUT2D eigenvalue weighted by Gasteiger charge is -2.16. The van der Waals surface area contributed by atoms with Gasteiger partial charge < -0.3 is 10.2 Å². The summed E-state index contributed by atoms with van der Waals surface area (Å²) in [6, 6.07) is 5.49. The van der Waals surface area contributed by atoms with Crippen molar-refractivity contribution in [3.8, 4) is 0 Å². The molecule has 19 heavy (non-hydrogen) atoms. The number of hydrogen-bond acceptors (Lipinski definition) is 2. The lowest BCUT2D eigenvalue weighted by Crippen LogP contribution is -2.37. The van der Waals surface area contributed by atoms with Crippen molar-refractivity contribution < 1.29 is 9.59 Å². The second kappa shape index (κ2) is 7.28. The molecule has 4 nitrogen and oxygen atoms in total. The average molecular weight is 327 g/mol. The topological polar surface area (TPSA) is 49.4 Å². The monoisotopic (exact) mass is 326 g/mol. The van der Waals surface area contributed by atoms with Crippen molar-refractivity contribution in [3.05, 3.63) is 28.2 Å². The summed E-state index contributed by atoms with van der Waals surface area (Å²) in [5, 5.41) is 2.64. The van der Waals surface area contributed by atoms with E-state index in [-0.39, 0.29) is 0 Å². The molecule has 5 heteroatoms. The number of rotatable bonds is 4. The van der Waals surface area contributed by atoms with Gasteiger partial charge in [-0.25, -0.2) is 0 Å². The van der Waals surface area contributed by atoms with E-state index in [1.165, 1.54) is 4.90 Å². The highest BCUT2D eigenvalue weighted by Crippen LogP contribution is 2.19. The molecule has 1 aromatic carbocycles. The summed E-state index contributed by atoms with van der Waals surface area (Å²) in [5.74, 6) is -1.10. The predicted molar refractivity (Wildman–Crippen MR) is 80.1 cm³/mol. The summed E-state index contributed by atoms with van der Waals surface area (Å²) in [5.41, 5.74) is 1.57. The largest absolute Gasteiger partial charge is 0.338 e. The van der Waals surface area contributed by atoms with Gasteiger partial charge in [0, 0.05) is 23.8 Å². The third kappa shape index (κ3) is 4.67. The molecule has 0 aliphatic heterocycles. The Labute approximate surface area is 122 Å². The first-order valence-electron chi connectivity index (χ1n) is 6.28. The molecule has 0 radical (unpaired) electrons. The van der Waals surface area contributed by atoms with Gasteiger partial charge >= 0.3 is 11.8 Å². The number of carbonyl (C=O) groups excluding carboxylic acids is 2. The van der Waals surface area contributed by atoms with Crippen molar-refractivity contribution in [2.24, 2.45) is 0 Å². The normalized spacial score (nSPS) is 10.1. The second-order valence-electron chi connectivity index (χ2n) is 4.49. The lowest BCUT2D eigenvalue weighted by atomic mass is 10.2. The highest BCUT2D eigenvalue weighted by molar-refractivity contribution is 9.10. The maximum Gasteiger partial charge on any atom is 0.313 e. The minimum absolute atomic E-state index is 0.504. The van der Waals surface area contributed by atoms with E-state index in [9.17, 15) is 9.59 Å². The second-order valence-corrected chi connectivity index (χ2v) is 5.41. The molecule has 0 aliphatic carbocycles. The smallest absolute Gasteiger partial charge is 0.313 e. The Morgan fingerprint density at radius 3 is 2.63 bits per heavy atom. The molecule has 0 atom stereocenters. The molecule has 104 valence electrons. The highest BCUT2D eigenvalue weighted by atomic mass is 79.9. The zero-order chi connectivity index (χ0) is 14.4. The van der Waals surface area contributed by atoms with E-state index < -0.39 is 11.8 Å². The molecule has 0 saturated carbocycles. The minimum atomic E-state index is -0.593. The minimum Gasteiger partial charge on any atom is -0.338 e. The Bertz CT molecular complexity index is 475. The fourth-order valence-corrected chi connectivity index (χ4v) is 2.09. The summed E-state index contributed by atoms with van der Waals surface area (Å²) >= 11 is 3.36. The van der Waals surface area contributed by atoms with Gasteiger partial charge in [0.2, 0.25) is 0 Å². The van der Waals surface area contributed by atoms with Crippen molar-refractivity contribution >= 4 is 33.4 Å². The van der Waals surface area contributed by atoms with Gasteiger partial charge in [-0.1, -0.05) is 29.3 Å². The van der Waals surface area contributed by atoms with Gasteiger partial charge in [0.05, 0.1) is 0 Å². The van der Waals surface area contributed by atoms with E-state index in [1.54, 1.807) is 13.1 Å². The number of hydrogen-bond donors (Lipinski definition) is 1. The Kier molecular flexibility index (Phi) is 6.02. The molecule has 1 rings (SSSR count). The van der Waals surface area contributed by atoms with E-state index in [2.05, 4.69) is 21.2 Å². The number of aryl methyl sites for hydroxylation is 1. The van der Waals surface area contributed by atoms with Crippen LogP contribution >= 0.6 is 15.9 Å². The van der Waals surface area contributed by atoms with Crippen LogP contribution in [-0.4, -0.2) is 30.3 Å². The van der Waals surface area contributed by atoms with Crippen LogP contribution in [0, 0.1) is 6.92 Å². The average Bonchev–Trinajstić information content (AvgIpc) is 2.38. The molecule has 1 aromatic rings. The van der Waals surface area contributed by atoms with Crippen LogP contribution in [0.2, 0.25) is 0 Å². The number of amides is 2. The molecule has 0 bridgehead atoms. The number of benzene rings is 1. The van der Waals surface area contributed by atoms with E-state index in [0.29, 0.717) is 12.2 Å². The molecule has 0 saturated heterocycles. The zero-order valence-corrected chi connectivity index (χ0v) is 13.1. The summed E-state index contributed by atoms with van der Waals surface area (Å²) in [6.45, 7) is 4.53. The number of unbranched alkanes of at least 4 members (excludes halogenated alkanes) is 1. The third-order valence-electron chi connectivity index (χ3n) is 2.82. The van der Waals surface area contributed by atoms with E-state index in [1.807, 2.05) is 26.0 Å². The Morgan fingerprint density at radius 2 is 2.05 bits per heavy atom. The fourth-order valence-electron chi connectivity index (χ4n) is 1.61. The Hall–Kier alpha value is -1.36. The third-order valence-corrected chi connectivity index (χ3v) is 3.32. The molecule has 0 aromatic heterocycles. The maximum absolute atomic E-state index is 11.8. The van der Waals surface area contributed by atoms with Crippen LogP contribution in [0.1, 0.15) is 25.3 Å². The molecule has 0 heterocycles. The van der Waals surface area contributed by atoms with Crippen molar-refractivity contribution in [1.82, 2.24) is 4.90 Å². The van der Waals surface area contributed by atoms with Crippen molar-refractivity contribution in [2.75, 3.05) is 18.9 Å². The number of anilines is 1. The van der Waals surface area contributed by atoms with Gasteiger partial charge in [0.15, 0.2) is 0 Å². The maximum atomic E-state index is 11.8. The number of nitrogens with zero attached hydrogens (tertiary/aromatic N) is 1. The quantitative estimate of drug-likeness (QED) is 0.865. The molecule has 0 unspecified atom stereocenters. The molecular weight excluding hydrogens is 308 g/mol. The van der Waals surface area contributed by atoms with Crippen LogP contribution in [0.25, 0.3) is 0 Å². The fraction of sp³-hybridized carbons (Fsp3) is 0.429. The van der Waals surface area contributed by atoms with Gasteiger partial charge in [-0.2, -0.15) is 0 Å². The molecule has 0 aliphatic rings. The molecule has 0 fully saturated rings. The molecule has 1 N–H and O–H groups in total. The van der Waals surface area contributed by atoms with Gasteiger partial charge in [-0.3, -0.25) is 9.59 Å². The predicted octanol–water partition coefficient (Wildman–Crippen LogP) is 2.95. The van der Waals surface area contributed by atoms with Crippen LogP contribution in [0.15, 0.2) is 22.7 Å². The van der Waals surface area contributed by atoms with E-state index >= 15 is 0 Å². The van der Waals surface area contributed by atoms with Crippen LogP contribution in [0.4, 0.5) is 5.69 Å². The first kappa shape index (κ1) is 15.7. The van der Waals surface area contributed by atoms with Crippen LogP contribution in [0.5, 0.6) is 0 Å². The first-order chi connectivity index (χ1) is 8.95. The first-order valence-corrected chi connectivity index (χ1v) is 7.07. The summed E-state index contributed by atoms with van der Waals surface area (Å²) in [4.78, 5) is 25.1. The summed E-state index contributed by atoms with van der Waals surface area (Å²) < 4.78 is 0.939.